The molecular formula is C17H21N5O3. The van der Waals surface area contributed by atoms with Gasteiger partial charge in [-0.1, -0.05) is 6.07 Å². The van der Waals surface area contributed by atoms with E-state index in [0.717, 1.165) is 6.42 Å². The van der Waals surface area contributed by atoms with Crippen LogP contribution in [0.25, 0.3) is 0 Å². The second-order valence-electron chi connectivity index (χ2n) is 5.25. The fourth-order valence-corrected chi connectivity index (χ4v) is 2.06. The Morgan fingerprint density at radius 1 is 1.16 bits per heavy atom. The van der Waals surface area contributed by atoms with E-state index in [9.17, 15) is 9.59 Å². The first-order valence-corrected chi connectivity index (χ1v) is 7.83. The standard InChI is InChI=1S/C17H21N5O3/c1-12(23)20-13-5-3-6-14(11-13)21-16(24)15-7-9-19-17(22-15)18-8-4-10-25-2/h3,5-7,9,11H,4,8,10H2,1-2H3,(H,20,23)(H,21,24)(H,18,19,22). The highest BCUT2D eigenvalue weighted by Crippen LogP contribution is 2.16. The normalized spacial score (nSPS) is 10.2. The van der Waals surface area contributed by atoms with Crippen molar-refractivity contribution in [2.45, 2.75) is 13.3 Å². The van der Waals surface area contributed by atoms with Gasteiger partial charge < -0.3 is 20.7 Å². The summed E-state index contributed by atoms with van der Waals surface area (Å²) in [6.07, 6.45) is 2.33. The Kier molecular flexibility index (Phi) is 6.85. The molecule has 2 amide bonds. The monoisotopic (exact) mass is 343 g/mol. The Bertz CT molecular complexity index is 736. The molecule has 0 aliphatic heterocycles. The van der Waals surface area contributed by atoms with E-state index in [-0.39, 0.29) is 17.5 Å². The number of anilines is 3. The van der Waals surface area contributed by atoms with Crippen molar-refractivity contribution < 1.29 is 14.3 Å². The van der Waals surface area contributed by atoms with Gasteiger partial charge in [0.1, 0.15) is 5.69 Å². The summed E-state index contributed by atoms with van der Waals surface area (Å²) in [5.41, 5.74) is 1.41. The lowest BCUT2D eigenvalue weighted by atomic mass is 10.2. The molecule has 0 radical (unpaired) electrons. The summed E-state index contributed by atoms with van der Waals surface area (Å²) in [6.45, 7) is 2.71. The van der Waals surface area contributed by atoms with Crippen molar-refractivity contribution in [3.63, 3.8) is 0 Å². The topological polar surface area (TPSA) is 105 Å². The zero-order chi connectivity index (χ0) is 18.1. The van der Waals surface area contributed by atoms with Crippen molar-refractivity contribution >= 4 is 29.1 Å². The molecule has 132 valence electrons. The molecule has 1 aromatic heterocycles. The van der Waals surface area contributed by atoms with Gasteiger partial charge in [0.05, 0.1) is 0 Å². The molecular weight excluding hydrogens is 322 g/mol. The zero-order valence-corrected chi connectivity index (χ0v) is 14.2. The van der Waals surface area contributed by atoms with Crippen molar-refractivity contribution in [2.24, 2.45) is 0 Å². The van der Waals surface area contributed by atoms with Crippen LogP contribution in [-0.2, 0) is 9.53 Å². The molecule has 0 aliphatic rings. The van der Waals surface area contributed by atoms with Crippen LogP contribution >= 0.6 is 0 Å². The molecule has 8 heteroatoms. The third-order valence-corrected chi connectivity index (χ3v) is 3.14. The average Bonchev–Trinajstić information content (AvgIpc) is 2.59. The van der Waals surface area contributed by atoms with E-state index in [1.807, 2.05) is 0 Å². The van der Waals surface area contributed by atoms with Gasteiger partial charge in [-0.2, -0.15) is 0 Å². The molecule has 0 bridgehead atoms. The lowest BCUT2D eigenvalue weighted by molar-refractivity contribution is -0.114. The lowest BCUT2D eigenvalue weighted by Gasteiger charge is -2.09. The number of aromatic nitrogens is 2. The number of nitrogens with zero attached hydrogens (tertiary/aromatic N) is 2. The average molecular weight is 343 g/mol. The number of rotatable bonds is 8. The van der Waals surface area contributed by atoms with Crippen LogP contribution in [0, 0.1) is 0 Å². The molecule has 0 fully saturated rings. The second kappa shape index (κ2) is 9.33. The van der Waals surface area contributed by atoms with Gasteiger partial charge in [-0.25, -0.2) is 9.97 Å². The van der Waals surface area contributed by atoms with Crippen LogP contribution in [0.2, 0.25) is 0 Å². The van der Waals surface area contributed by atoms with E-state index in [0.29, 0.717) is 30.5 Å². The SMILES string of the molecule is COCCCNc1nccc(C(=O)Nc2cccc(NC(C)=O)c2)n1. The van der Waals surface area contributed by atoms with Crippen LogP contribution in [0.1, 0.15) is 23.8 Å². The Hall–Kier alpha value is -3.00. The van der Waals surface area contributed by atoms with E-state index in [4.69, 9.17) is 4.74 Å². The van der Waals surface area contributed by atoms with Crippen molar-refractivity contribution in [1.29, 1.82) is 0 Å². The van der Waals surface area contributed by atoms with E-state index < -0.39 is 0 Å². The van der Waals surface area contributed by atoms with Gasteiger partial charge in [-0.15, -0.1) is 0 Å². The minimum absolute atomic E-state index is 0.177. The van der Waals surface area contributed by atoms with Crippen LogP contribution in [0.4, 0.5) is 17.3 Å². The Morgan fingerprint density at radius 2 is 1.92 bits per heavy atom. The third-order valence-electron chi connectivity index (χ3n) is 3.14. The van der Waals surface area contributed by atoms with E-state index >= 15 is 0 Å². The van der Waals surface area contributed by atoms with E-state index in [1.54, 1.807) is 31.4 Å². The number of carbonyl (C=O) groups excluding carboxylic acids is 2. The Labute approximate surface area is 146 Å². The first-order chi connectivity index (χ1) is 12.1. The second-order valence-corrected chi connectivity index (χ2v) is 5.25. The van der Waals surface area contributed by atoms with E-state index in [1.165, 1.54) is 19.2 Å². The van der Waals surface area contributed by atoms with Crippen molar-refractivity contribution in [3.05, 3.63) is 42.2 Å². The summed E-state index contributed by atoms with van der Waals surface area (Å²) in [5, 5.41) is 8.45. The van der Waals surface area contributed by atoms with Gasteiger partial charge in [-0.05, 0) is 30.7 Å². The summed E-state index contributed by atoms with van der Waals surface area (Å²) < 4.78 is 4.97. The summed E-state index contributed by atoms with van der Waals surface area (Å²) in [4.78, 5) is 31.7. The van der Waals surface area contributed by atoms with Crippen molar-refractivity contribution in [3.8, 4) is 0 Å². The largest absolute Gasteiger partial charge is 0.385 e. The maximum Gasteiger partial charge on any atom is 0.274 e. The van der Waals surface area contributed by atoms with Crippen LogP contribution in [0.15, 0.2) is 36.5 Å². The summed E-state index contributed by atoms with van der Waals surface area (Å²) >= 11 is 0. The summed E-state index contributed by atoms with van der Waals surface area (Å²) in [7, 11) is 1.64. The first-order valence-electron chi connectivity index (χ1n) is 7.83. The highest BCUT2D eigenvalue weighted by Gasteiger charge is 2.09. The Balaban J connectivity index is 1.99. The molecule has 0 saturated heterocycles. The van der Waals surface area contributed by atoms with Gasteiger partial charge in [0, 0.05) is 44.8 Å². The molecule has 2 rings (SSSR count). The molecule has 2 aromatic rings. The highest BCUT2D eigenvalue weighted by molar-refractivity contribution is 6.03. The summed E-state index contributed by atoms with van der Waals surface area (Å²) in [6, 6.07) is 8.42. The van der Waals surface area contributed by atoms with Gasteiger partial charge in [-0.3, -0.25) is 9.59 Å². The van der Waals surface area contributed by atoms with Crippen LogP contribution in [-0.4, -0.2) is 42.0 Å². The molecule has 1 aromatic carbocycles. The third kappa shape index (κ3) is 6.19. The number of benzene rings is 1. The van der Waals surface area contributed by atoms with Gasteiger partial charge >= 0.3 is 0 Å². The molecule has 0 spiro atoms. The van der Waals surface area contributed by atoms with Gasteiger partial charge in [0.25, 0.3) is 5.91 Å². The molecule has 25 heavy (non-hydrogen) atoms. The zero-order valence-electron chi connectivity index (χ0n) is 14.2. The quantitative estimate of drug-likeness (QED) is 0.634. The number of amides is 2. The smallest absolute Gasteiger partial charge is 0.274 e. The van der Waals surface area contributed by atoms with Crippen LogP contribution in [0.3, 0.4) is 0 Å². The number of hydrogen-bond acceptors (Lipinski definition) is 6. The van der Waals surface area contributed by atoms with Crippen molar-refractivity contribution in [1.82, 2.24) is 9.97 Å². The maximum atomic E-state index is 12.3. The predicted octanol–water partition coefficient (Wildman–Crippen LogP) is 2.14. The number of ether oxygens (including phenoxy) is 1. The first kappa shape index (κ1) is 18.3. The lowest BCUT2D eigenvalue weighted by Crippen LogP contribution is -2.16. The number of methoxy groups -OCH3 is 1. The Morgan fingerprint density at radius 3 is 2.64 bits per heavy atom. The molecule has 0 atom stereocenters. The molecule has 1 heterocycles. The van der Waals surface area contributed by atoms with Crippen molar-refractivity contribution in [2.75, 3.05) is 36.2 Å². The molecule has 3 N–H and O–H groups in total. The molecule has 8 nitrogen and oxygen atoms in total. The molecule has 0 aliphatic carbocycles. The van der Waals surface area contributed by atoms with Crippen LogP contribution < -0.4 is 16.0 Å². The highest BCUT2D eigenvalue weighted by atomic mass is 16.5. The van der Waals surface area contributed by atoms with E-state index in [2.05, 4.69) is 25.9 Å². The number of hydrogen-bond donors (Lipinski definition) is 3. The van der Waals surface area contributed by atoms with Gasteiger partial charge in [0.2, 0.25) is 11.9 Å². The molecule has 0 saturated carbocycles. The van der Waals surface area contributed by atoms with Gasteiger partial charge in [0.15, 0.2) is 0 Å². The van der Waals surface area contributed by atoms with Crippen LogP contribution in [0.5, 0.6) is 0 Å². The fourth-order valence-electron chi connectivity index (χ4n) is 2.06. The summed E-state index contributed by atoms with van der Waals surface area (Å²) in [5.74, 6) is -0.151. The number of carbonyl (C=O) groups is 2. The minimum atomic E-state index is -0.359. The fraction of sp³-hybridized carbons (Fsp3) is 0.294. The molecule has 0 unspecified atom stereocenters. The minimum Gasteiger partial charge on any atom is -0.385 e. The number of nitrogens with one attached hydrogen (secondary N) is 3. The predicted molar refractivity (Wildman–Crippen MR) is 95.7 cm³/mol. The maximum absolute atomic E-state index is 12.3.